The van der Waals surface area contributed by atoms with Crippen LogP contribution >= 0.6 is 0 Å². The van der Waals surface area contributed by atoms with Crippen LogP contribution in [0, 0.1) is 34.3 Å². The molecule has 0 heterocycles. The number of hydrogen-bond donors (Lipinski definition) is 0. The van der Waals surface area contributed by atoms with Crippen LogP contribution in [0.2, 0.25) is 0 Å². The van der Waals surface area contributed by atoms with Gasteiger partial charge in [-0.25, -0.2) is 8.78 Å². The Labute approximate surface area is 123 Å². The Kier molecular flexibility index (Phi) is 2.65. The number of halogens is 2. The van der Waals surface area contributed by atoms with Crippen LogP contribution < -0.4 is 0 Å². The van der Waals surface area contributed by atoms with Crippen LogP contribution in [0.1, 0.15) is 55.8 Å². The lowest BCUT2D eigenvalue weighted by Gasteiger charge is -2.60. The molecule has 4 aliphatic carbocycles. The zero-order valence-corrected chi connectivity index (χ0v) is 12.3. The predicted molar refractivity (Wildman–Crippen MR) is 75.9 cm³/mol. The molecule has 3 heteroatoms. The monoisotopic (exact) mass is 290 g/mol. The summed E-state index contributed by atoms with van der Waals surface area (Å²) in [7, 11) is 0. The van der Waals surface area contributed by atoms with Gasteiger partial charge >= 0.3 is 0 Å². The van der Waals surface area contributed by atoms with E-state index in [1.165, 1.54) is 37.5 Å². The van der Waals surface area contributed by atoms with Crippen molar-refractivity contribution in [3.63, 3.8) is 0 Å². The number of Topliss-reactive ketones (excluding diaryl/α,β-unsaturated/α-hetero) is 1. The molecule has 1 aromatic rings. The highest BCUT2D eigenvalue weighted by Gasteiger charge is 2.59. The van der Waals surface area contributed by atoms with E-state index >= 15 is 0 Å². The van der Waals surface area contributed by atoms with Crippen LogP contribution in [0.3, 0.4) is 0 Å². The SMILES string of the molecule is CC12CC3CC(C1)CC(C(=O)c1c(F)cccc1F)(C3)C2. The number of hydrogen-bond acceptors (Lipinski definition) is 1. The first kappa shape index (κ1) is 13.4. The summed E-state index contributed by atoms with van der Waals surface area (Å²) in [5, 5.41) is 0. The summed E-state index contributed by atoms with van der Waals surface area (Å²) in [5.74, 6) is -0.565. The van der Waals surface area contributed by atoms with Crippen LogP contribution in [0.15, 0.2) is 18.2 Å². The van der Waals surface area contributed by atoms with Crippen molar-refractivity contribution < 1.29 is 13.6 Å². The van der Waals surface area contributed by atoms with Crippen molar-refractivity contribution in [2.24, 2.45) is 22.7 Å². The summed E-state index contributed by atoms with van der Waals surface area (Å²) in [5.41, 5.74) is -0.619. The second kappa shape index (κ2) is 4.15. The largest absolute Gasteiger partial charge is 0.293 e. The molecule has 4 aliphatic rings. The third kappa shape index (κ3) is 1.89. The smallest absolute Gasteiger partial charge is 0.174 e. The summed E-state index contributed by atoms with van der Waals surface area (Å²) >= 11 is 0. The minimum atomic E-state index is -0.708. The summed E-state index contributed by atoms with van der Waals surface area (Å²) in [4.78, 5) is 13.0. The number of carbonyl (C=O) groups excluding carboxylic acids is 1. The normalized spacial score (nSPS) is 40.5. The van der Waals surface area contributed by atoms with E-state index in [0.29, 0.717) is 11.8 Å². The van der Waals surface area contributed by atoms with Gasteiger partial charge < -0.3 is 0 Å². The lowest BCUT2D eigenvalue weighted by Crippen LogP contribution is -2.54. The third-order valence-electron chi connectivity index (χ3n) is 6.03. The molecule has 0 amide bonds. The Hall–Kier alpha value is -1.25. The van der Waals surface area contributed by atoms with Gasteiger partial charge in [-0.1, -0.05) is 13.0 Å². The quantitative estimate of drug-likeness (QED) is 0.718. The van der Waals surface area contributed by atoms with Gasteiger partial charge in [0.2, 0.25) is 0 Å². The summed E-state index contributed by atoms with van der Waals surface area (Å²) in [6.45, 7) is 2.25. The minimum absolute atomic E-state index is 0.196. The third-order valence-corrected chi connectivity index (χ3v) is 6.03. The topological polar surface area (TPSA) is 17.1 Å². The molecular formula is C18H20F2O. The number of ketones is 1. The average molecular weight is 290 g/mol. The first-order chi connectivity index (χ1) is 9.91. The first-order valence-electron chi connectivity index (χ1n) is 7.90. The van der Waals surface area contributed by atoms with Gasteiger partial charge in [-0.2, -0.15) is 0 Å². The maximum Gasteiger partial charge on any atom is 0.174 e. The van der Waals surface area contributed by atoms with E-state index in [-0.39, 0.29) is 16.8 Å². The minimum Gasteiger partial charge on any atom is -0.293 e. The van der Waals surface area contributed by atoms with Crippen molar-refractivity contribution in [3.05, 3.63) is 35.4 Å². The van der Waals surface area contributed by atoms with Crippen LogP contribution in [0.25, 0.3) is 0 Å². The number of carbonyl (C=O) groups is 1. The molecule has 21 heavy (non-hydrogen) atoms. The highest BCUT2D eigenvalue weighted by molar-refractivity contribution is 6.01. The van der Waals surface area contributed by atoms with Gasteiger partial charge in [0.25, 0.3) is 0 Å². The maximum absolute atomic E-state index is 14.0. The number of benzene rings is 1. The average Bonchev–Trinajstić information content (AvgIpc) is 2.35. The molecule has 1 nitrogen and oxygen atoms in total. The summed E-state index contributed by atoms with van der Waals surface area (Å²) < 4.78 is 28.0. The van der Waals surface area contributed by atoms with Crippen LogP contribution in [-0.2, 0) is 0 Å². The van der Waals surface area contributed by atoms with Crippen LogP contribution in [-0.4, -0.2) is 5.78 Å². The lowest BCUT2D eigenvalue weighted by molar-refractivity contribution is -0.0823. The molecule has 0 N–H and O–H groups in total. The van der Waals surface area contributed by atoms with E-state index in [2.05, 4.69) is 6.92 Å². The highest BCUT2D eigenvalue weighted by atomic mass is 19.1. The molecule has 0 aromatic heterocycles. The molecule has 0 radical (unpaired) electrons. The molecule has 5 rings (SSSR count). The molecule has 0 spiro atoms. The Bertz CT molecular complexity index is 587. The zero-order valence-electron chi connectivity index (χ0n) is 12.3. The standard InChI is InChI=1S/C18H20F2O/c1-17-6-11-5-12(7-17)9-18(8-11,10-17)16(21)15-13(19)3-2-4-14(15)20/h2-4,11-12H,5-10H2,1H3. The molecule has 4 fully saturated rings. The number of rotatable bonds is 2. The summed E-state index contributed by atoms with van der Waals surface area (Å²) in [6.07, 6.45) is 6.01. The van der Waals surface area contributed by atoms with E-state index in [9.17, 15) is 13.6 Å². The van der Waals surface area contributed by atoms with Crippen molar-refractivity contribution in [1.82, 2.24) is 0 Å². The molecule has 4 saturated carbocycles. The van der Waals surface area contributed by atoms with Gasteiger partial charge in [0.1, 0.15) is 11.6 Å². The molecule has 112 valence electrons. The molecule has 0 aliphatic heterocycles. The van der Waals surface area contributed by atoms with E-state index in [4.69, 9.17) is 0 Å². The zero-order chi connectivity index (χ0) is 14.8. The fourth-order valence-corrected chi connectivity index (χ4v) is 5.97. The van der Waals surface area contributed by atoms with Gasteiger partial charge in [-0.15, -0.1) is 0 Å². The van der Waals surface area contributed by atoms with Crippen LogP contribution in [0.4, 0.5) is 8.78 Å². The van der Waals surface area contributed by atoms with E-state index < -0.39 is 17.0 Å². The van der Waals surface area contributed by atoms with Gasteiger partial charge in [0, 0.05) is 5.41 Å². The Balaban J connectivity index is 1.78. The van der Waals surface area contributed by atoms with Gasteiger partial charge in [-0.05, 0) is 67.9 Å². The second-order valence-corrected chi connectivity index (χ2v) is 7.98. The van der Waals surface area contributed by atoms with E-state index in [1.807, 2.05) is 0 Å². The van der Waals surface area contributed by atoms with Gasteiger partial charge in [0.15, 0.2) is 5.78 Å². The van der Waals surface area contributed by atoms with Crippen molar-refractivity contribution in [2.75, 3.05) is 0 Å². The van der Waals surface area contributed by atoms with Gasteiger partial charge in [0.05, 0.1) is 5.56 Å². The van der Waals surface area contributed by atoms with Crippen molar-refractivity contribution in [3.8, 4) is 0 Å². The lowest BCUT2D eigenvalue weighted by atomic mass is 9.43. The Morgan fingerprint density at radius 3 is 2.19 bits per heavy atom. The van der Waals surface area contributed by atoms with E-state index in [0.717, 1.165) is 19.3 Å². The van der Waals surface area contributed by atoms with E-state index in [1.54, 1.807) is 0 Å². The predicted octanol–water partition coefficient (Wildman–Crippen LogP) is 4.75. The molecular weight excluding hydrogens is 270 g/mol. The highest BCUT2D eigenvalue weighted by Crippen LogP contribution is 2.65. The molecule has 4 bridgehead atoms. The molecule has 2 unspecified atom stereocenters. The van der Waals surface area contributed by atoms with Crippen molar-refractivity contribution >= 4 is 5.78 Å². The van der Waals surface area contributed by atoms with Gasteiger partial charge in [-0.3, -0.25) is 4.79 Å². The van der Waals surface area contributed by atoms with Crippen molar-refractivity contribution in [2.45, 2.75) is 45.4 Å². The van der Waals surface area contributed by atoms with Crippen LogP contribution in [0.5, 0.6) is 0 Å². The molecule has 2 atom stereocenters. The molecule has 0 saturated heterocycles. The molecule has 1 aromatic carbocycles. The fourth-order valence-electron chi connectivity index (χ4n) is 5.97. The maximum atomic E-state index is 14.0. The summed E-state index contributed by atoms with van der Waals surface area (Å²) in [6, 6.07) is 3.71. The second-order valence-electron chi connectivity index (χ2n) is 7.98. The van der Waals surface area contributed by atoms with Crippen molar-refractivity contribution in [1.29, 1.82) is 0 Å². The first-order valence-corrected chi connectivity index (χ1v) is 7.90. The Morgan fingerprint density at radius 1 is 1.10 bits per heavy atom. The fraction of sp³-hybridized carbons (Fsp3) is 0.611. The Morgan fingerprint density at radius 2 is 1.67 bits per heavy atom.